The molecule has 0 aliphatic carbocycles. The molecule has 0 aliphatic heterocycles. The van der Waals surface area contributed by atoms with Crippen LogP contribution in [0.25, 0.3) is 16.9 Å². The highest BCUT2D eigenvalue weighted by Gasteiger charge is 2.39. The highest BCUT2D eigenvalue weighted by atomic mass is 35.5. The van der Waals surface area contributed by atoms with Gasteiger partial charge in [-0.1, -0.05) is 23.7 Å². The predicted molar refractivity (Wildman–Crippen MR) is 129 cm³/mol. The Balaban J connectivity index is 1.79. The predicted octanol–water partition coefficient (Wildman–Crippen LogP) is 3.72. The Bertz CT molecular complexity index is 1500. The fourth-order valence-electron chi connectivity index (χ4n) is 3.81. The first-order chi connectivity index (χ1) is 17.9. The number of aliphatic hydroxyl groups is 2. The van der Waals surface area contributed by atoms with Crippen molar-refractivity contribution >= 4 is 11.6 Å². The van der Waals surface area contributed by atoms with Crippen molar-refractivity contribution in [1.82, 2.24) is 23.9 Å². The number of ether oxygens (including phenoxy) is 1. The Morgan fingerprint density at radius 1 is 1.13 bits per heavy atom. The summed E-state index contributed by atoms with van der Waals surface area (Å²) in [5.74, 6) is -0.343. The Morgan fingerprint density at radius 2 is 1.82 bits per heavy atom. The summed E-state index contributed by atoms with van der Waals surface area (Å²) in [6.07, 6.45) is -7.59. The van der Waals surface area contributed by atoms with Gasteiger partial charge in [0.2, 0.25) is 0 Å². The molecule has 1 unspecified atom stereocenters. The van der Waals surface area contributed by atoms with Crippen molar-refractivity contribution in [3.8, 4) is 22.7 Å². The lowest BCUT2D eigenvalue weighted by molar-refractivity contribution is -0.207. The third kappa shape index (κ3) is 5.59. The van der Waals surface area contributed by atoms with E-state index in [1.54, 1.807) is 0 Å². The van der Waals surface area contributed by atoms with Crippen LogP contribution in [0.5, 0.6) is 5.75 Å². The number of hydrogen-bond donors (Lipinski definition) is 2. The van der Waals surface area contributed by atoms with E-state index in [0.29, 0.717) is 10.6 Å². The minimum Gasteiger partial charge on any atom is -0.494 e. The number of alkyl halides is 3. The third-order valence-corrected chi connectivity index (χ3v) is 5.90. The molecule has 0 fully saturated rings. The van der Waals surface area contributed by atoms with Crippen LogP contribution in [0, 0.1) is 5.82 Å². The first-order valence-corrected chi connectivity index (χ1v) is 11.5. The average molecular weight is 556 g/mol. The normalized spacial score (nSPS) is 13.5. The number of halogens is 5. The van der Waals surface area contributed by atoms with Gasteiger partial charge in [0.25, 0.3) is 0 Å². The Hall–Kier alpha value is -3.68. The topological polar surface area (TPSA) is 107 Å². The van der Waals surface area contributed by atoms with Crippen LogP contribution >= 0.6 is 11.6 Å². The van der Waals surface area contributed by atoms with Gasteiger partial charge >= 0.3 is 11.9 Å². The second-order valence-electron chi connectivity index (χ2n) is 8.39. The van der Waals surface area contributed by atoms with E-state index >= 15 is 0 Å². The molecule has 202 valence electrons. The van der Waals surface area contributed by atoms with Crippen LogP contribution in [0.2, 0.25) is 5.02 Å². The van der Waals surface area contributed by atoms with Gasteiger partial charge in [0.15, 0.2) is 17.8 Å². The Kier molecular flexibility index (Phi) is 7.63. The van der Waals surface area contributed by atoms with Gasteiger partial charge in [0.05, 0.1) is 25.9 Å². The van der Waals surface area contributed by atoms with E-state index in [2.05, 4.69) is 10.1 Å². The van der Waals surface area contributed by atoms with E-state index in [9.17, 15) is 32.6 Å². The molecule has 0 radical (unpaired) electrons. The van der Waals surface area contributed by atoms with Crippen LogP contribution in [0.3, 0.4) is 0 Å². The maximum atomic E-state index is 14.0. The van der Waals surface area contributed by atoms with Gasteiger partial charge < -0.3 is 14.9 Å². The lowest BCUT2D eigenvalue weighted by Gasteiger charge is -2.16. The Morgan fingerprint density at radius 3 is 2.42 bits per heavy atom. The summed E-state index contributed by atoms with van der Waals surface area (Å²) in [5.41, 5.74) is -0.247. The molecule has 14 heteroatoms. The molecule has 2 atom stereocenters. The first-order valence-electron chi connectivity index (χ1n) is 11.2. The number of nitrogens with zero attached hydrogens (tertiary/aromatic N) is 5. The minimum absolute atomic E-state index is 0.00508. The molecule has 0 saturated heterocycles. The van der Waals surface area contributed by atoms with Gasteiger partial charge in [-0.3, -0.25) is 9.13 Å². The van der Waals surface area contributed by atoms with Crippen molar-refractivity contribution in [3.63, 3.8) is 0 Å². The van der Waals surface area contributed by atoms with E-state index in [4.69, 9.17) is 16.3 Å². The summed E-state index contributed by atoms with van der Waals surface area (Å²) < 4.78 is 61.6. The highest BCUT2D eigenvalue weighted by Crippen LogP contribution is 2.27. The van der Waals surface area contributed by atoms with Gasteiger partial charge in [-0.05, 0) is 36.8 Å². The van der Waals surface area contributed by atoms with E-state index in [1.165, 1.54) is 56.6 Å². The number of imidazole rings is 1. The lowest BCUT2D eigenvalue weighted by Crippen LogP contribution is -2.37. The van der Waals surface area contributed by atoms with Crippen molar-refractivity contribution in [3.05, 3.63) is 81.6 Å². The standard InChI is InChI=1S/C24H22ClF4N5O4/c1-13(35)22-30-21(31-34(22)17-9-16(26)7-8-19(17)38-2)12-32-10-18(14-3-5-15(25)6-4-14)33(23(32)37)11-20(36)24(27,28)29/h3-10,13,20,35-36H,11-12H2,1-2H3/t13-,20?/m0/s1. The number of aliphatic hydroxyl groups excluding tert-OH is 2. The number of aromatic nitrogens is 5. The van der Waals surface area contributed by atoms with E-state index < -0.39 is 36.4 Å². The molecular formula is C24H22ClF4N5O4. The van der Waals surface area contributed by atoms with Crippen LogP contribution in [0.15, 0.2) is 53.5 Å². The van der Waals surface area contributed by atoms with Gasteiger partial charge in [0, 0.05) is 17.3 Å². The summed E-state index contributed by atoms with van der Waals surface area (Å²) in [6.45, 7) is 0.0589. The zero-order valence-corrected chi connectivity index (χ0v) is 20.8. The monoisotopic (exact) mass is 555 g/mol. The molecule has 2 aromatic carbocycles. The smallest absolute Gasteiger partial charge is 0.416 e. The zero-order chi connectivity index (χ0) is 27.8. The molecule has 0 amide bonds. The number of hydrogen-bond acceptors (Lipinski definition) is 6. The SMILES string of the molecule is COc1ccc(F)cc1-n1nc(Cn2cc(-c3ccc(Cl)cc3)n(CC(O)C(F)(F)F)c2=O)nc1[C@H](C)O. The molecule has 0 aliphatic rings. The fraction of sp³-hybridized carbons (Fsp3) is 0.292. The van der Waals surface area contributed by atoms with Crippen LogP contribution in [-0.4, -0.2) is 53.5 Å². The van der Waals surface area contributed by atoms with Gasteiger partial charge in [-0.15, -0.1) is 5.10 Å². The van der Waals surface area contributed by atoms with Gasteiger partial charge in [-0.2, -0.15) is 13.2 Å². The second-order valence-corrected chi connectivity index (χ2v) is 8.83. The lowest BCUT2D eigenvalue weighted by atomic mass is 10.1. The van der Waals surface area contributed by atoms with Crippen molar-refractivity contribution < 1.29 is 32.5 Å². The molecule has 38 heavy (non-hydrogen) atoms. The number of rotatable bonds is 8. The van der Waals surface area contributed by atoms with Crippen molar-refractivity contribution in [1.29, 1.82) is 0 Å². The molecule has 2 aromatic heterocycles. The fourth-order valence-corrected chi connectivity index (χ4v) is 3.94. The largest absolute Gasteiger partial charge is 0.494 e. The number of benzene rings is 2. The second kappa shape index (κ2) is 10.6. The van der Waals surface area contributed by atoms with Crippen molar-refractivity contribution in [2.45, 2.75) is 38.4 Å². The van der Waals surface area contributed by atoms with Crippen LogP contribution < -0.4 is 10.4 Å². The summed E-state index contributed by atoms with van der Waals surface area (Å²) in [6, 6.07) is 9.73. The molecule has 4 aromatic rings. The van der Waals surface area contributed by atoms with Crippen LogP contribution in [0.1, 0.15) is 24.7 Å². The average Bonchev–Trinajstić information content (AvgIpc) is 3.41. The maximum Gasteiger partial charge on any atom is 0.416 e. The quantitative estimate of drug-likeness (QED) is 0.321. The highest BCUT2D eigenvalue weighted by molar-refractivity contribution is 6.30. The number of methoxy groups -OCH3 is 1. The zero-order valence-electron chi connectivity index (χ0n) is 20.0. The minimum atomic E-state index is -4.95. The van der Waals surface area contributed by atoms with Gasteiger partial charge in [-0.25, -0.2) is 18.9 Å². The summed E-state index contributed by atoms with van der Waals surface area (Å²) in [5, 5.41) is 24.6. The molecule has 9 nitrogen and oxygen atoms in total. The molecule has 4 rings (SSSR count). The summed E-state index contributed by atoms with van der Waals surface area (Å²) in [7, 11) is 1.37. The molecule has 0 saturated carbocycles. The van der Waals surface area contributed by atoms with Crippen molar-refractivity contribution in [2.24, 2.45) is 0 Å². The summed E-state index contributed by atoms with van der Waals surface area (Å²) >= 11 is 5.92. The Labute approximate surface area is 218 Å². The first kappa shape index (κ1) is 27.4. The molecule has 0 bridgehead atoms. The van der Waals surface area contributed by atoms with Gasteiger partial charge in [0.1, 0.15) is 23.4 Å². The third-order valence-electron chi connectivity index (χ3n) is 5.65. The van der Waals surface area contributed by atoms with E-state index in [0.717, 1.165) is 19.9 Å². The van der Waals surface area contributed by atoms with Crippen LogP contribution in [0.4, 0.5) is 17.6 Å². The molecule has 0 spiro atoms. The maximum absolute atomic E-state index is 14.0. The molecule has 2 heterocycles. The van der Waals surface area contributed by atoms with E-state index in [1.807, 2.05) is 0 Å². The molecular weight excluding hydrogens is 534 g/mol. The van der Waals surface area contributed by atoms with Crippen LogP contribution in [-0.2, 0) is 13.1 Å². The van der Waals surface area contributed by atoms with Crippen molar-refractivity contribution in [2.75, 3.05) is 7.11 Å². The summed E-state index contributed by atoms with van der Waals surface area (Å²) in [4.78, 5) is 17.4. The molecule has 2 N–H and O–H groups in total. The van der Waals surface area contributed by atoms with E-state index in [-0.39, 0.29) is 35.3 Å².